The Bertz CT molecular complexity index is 735. The van der Waals surface area contributed by atoms with Crippen molar-refractivity contribution < 1.29 is 13.2 Å². The molecule has 0 fully saturated rings. The van der Waals surface area contributed by atoms with Gasteiger partial charge in [-0.25, -0.2) is 8.42 Å². The zero-order chi connectivity index (χ0) is 15.5. The van der Waals surface area contributed by atoms with E-state index in [2.05, 4.69) is 15.1 Å². The summed E-state index contributed by atoms with van der Waals surface area (Å²) in [4.78, 5) is 11.0. The zero-order valence-corrected chi connectivity index (χ0v) is 12.5. The van der Waals surface area contributed by atoms with Crippen LogP contribution in [0.2, 0.25) is 0 Å². The Balaban J connectivity index is 2.17. The van der Waals surface area contributed by atoms with Gasteiger partial charge in [0.25, 0.3) is 10.0 Å². The summed E-state index contributed by atoms with van der Waals surface area (Å²) >= 11 is 0. The van der Waals surface area contributed by atoms with Crippen molar-refractivity contribution in [3.8, 4) is 0 Å². The fraction of sp³-hybridized carbons (Fsp3) is 0.231. The Morgan fingerprint density at radius 1 is 1.24 bits per heavy atom. The largest absolute Gasteiger partial charge is 0.326 e. The van der Waals surface area contributed by atoms with Crippen molar-refractivity contribution in [2.75, 3.05) is 10.0 Å². The van der Waals surface area contributed by atoms with Crippen LogP contribution in [0.3, 0.4) is 0 Å². The molecule has 1 amide bonds. The highest BCUT2D eigenvalue weighted by Crippen LogP contribution is 2.17. The maximum atomic E-state index is 12.2. The fourth-order valence-corrected chi connectivity index (χ4v) is 2.71. The van der Waals surface area contributed by atoms with Crippen LogP contribution in [0, 0.1) is 0 Å². The van der Waals surface area contributed by atoms with Gasteiger partial charge in [0.15, 0.2) is 5.82 Å². The summed E-state index contributed by atoms with van der Waals surface area (Å²) < 4.78 is 28.4. The molecule has 0 aliphatic carbocycles. The molecule has 0 saturated heterocycles. The third kappa shape index (κ3) is 3.82. The zero-order valence-electron chi connectivity index (χ0n) is 11.7. The first kappa shape index (κ1) is 15.0. The van der Waals surface area contributed by atoms with Crippen molar-refractivity contribution in [1.82, 2.24) is 9.78 Å². The van der Waals surface area contributed by atoms with Crippen molar-refractivity contribution >= 4 is 27.4 Å². The summed E-state index contributed by atoms with van der Waals surface area (Å²) in [7, 11) is -3.69. The Morgan fingerprint density at radius 2 is 1.90 bits per heavy atom. The first-order valence-corrected chi connectivity index (χ1v) is 7.83. The van der Waals surface area contributed by atoms with Crippen molar-refractivity contribution in [1.29, 1.82) is 0 Å². The van der Waals surface area contributed by atoms with E-state index in [-0.39, 0.29) is 16.6 Å². The SMILES string of the molecule is CCn1ccc(NS(=O)(=O)c2ccc(NC(C)=O)cc2)n1. The highest BCUT2D eigenvalue weighted by molar-refractivity contribution is 7.92. The molecule has 0 spiro atoms. The number of sulfonamides is 1. The highest BCUT2D eigenvalue weighted by Gasteiger charge is 2.15. The van der Waals surface area contributed by atoms with Gasteiger partial charge < -0.3 is 5.32 Å². The number of rotatable bonds is 5. The molecule has 0 radical (unpaired) electrons. The number of anilines is 2. The van der Waals surface area contributed by atoms with Crippen LogP contribution in [0.25, 0.3) is 0 Å². The minimum atomic E-state index is -3.69. The van der Waals surface area contributed by atoms with Gasteiger partial charge in [-0.3, -0.25) is 14.2 Å². The van der Waals surface area contributed by atoms with Gasteiger partial charge in [-0.15, -0.1) is 0 Å². The average molecular weight is 308 g/mol. The van der Waals surface area contributed by atoms with E-state index in [1.165, 1.54) is 31.2 Å². The van der Waals surface area contributed by atoms with Crippen LogP contribution < -0.4 is 10.0 Å². The van der Waals surface area contributed by atoms with Crippen molar-refractivity contribution in [3.63, 3.8) is 0 Å². The standard InChI is InChI=1S/C13H16N4O3S/c1-3-17-9-8-13(15-17)16-21(19,20)12-6-4-11(5-7-12)14-10(2)18/h4-9H,3H2,1-2H3,(H,14,18)(H,15,16). The minimum absolute atomic E-state index is 0.0997. The molecule has 1 heterocycles. The van der Waals surface area contributed by atoms with E-state index in [0.29, 0.717) is 12.2 Å². The molecule has 0 unspecified atom stereocenters. The van der Waals surface area contributed by atoms with Gasteiger partial charge >= 0.3 is 0 Å². The van der Waals surface area contributed by atoms with Crippen LogP contribution in [0.15, 0.2) is 41.4 Å². The molecule has 0 aliphatic rings. The van der Waals surface area contributed by atoms with Crippen LogP contribution >= 0.6 is 0 Å². The Morgan fingerprint density at radius 3 is 2.43 bits per heavy atom. The van der Waals surface area contributed by atoms with E-state index < -0.39 is 10.0 Å². The van der Waals surface area contributed by atoms with E-state index in [9.17, 15) is 13.2 Å². The molecule has 0 aliphatic heterocycles. The smallest absolute Gasteiger partial charge is 0.263 e. The number of amides is 1. The predicted molar refractivity (Wildman–Crippen MR) is 79.5 cm³/mol. The number of benzene rings is 1. The molecule has 1 aromatic heterocycles. The molecule has 2 N–H and O–H groups in total. The lowest BCUT2D eigenvalue weighted by Crippen LogP contribution is -2.14. The Kier molecular flexibility index (Phi) is 4.27. The number of hydrogen-bond donors (Lipinski definition) is 2. The fourth-order valence-electron chi connectivity index (χ4n) is 1.71. The molecule has 1 aromatic carbocycles. The van der Waals surface area contributed by atoms with Crippen LogP contribution in [-0.4, -0.2) is 24.1 Å². The number of carbonyl (C=O) groups excluding carboxylic acids is 1. The van der Waals surface area contributed by atoms with Gasteiger partial charge in [-0.1, -0.05) is 0 Å². The second-order valence-electron chi connectivity index (χ2n) is 4.37. The van der Waals surface area contributed by atoms with Gasteiger partial charge in [-0.05, 0) is 31.2 Å². The topological polar surface area (TPSA) is 93.1 Å². The molecular weight excluding hydrogens is 292 g/mol. The summed E-state index contributed by atoms with van der Waals surface area (Å²) in [5.74, 6) is 0.0524. The highest BCUT2D eigenvalue weighted by atomic mass is 32.2. The number of aryl methyl sites for hydroxylation is 1. The van der Waals surface area contributed by atoms with Crippen LogP contribution in [0.4, 0.5) is 11.5 Å². The molecule has 7 nitrogen and oxygen atoms in total. The summed E-state index contributed by atoms with van der Waals surface area (Å²) in [5.41, 5.74) is 0.539. The number of nitrogens with zero attached hydrogens (tertiary/aromatic N) is 2. The monoisotopic (exact) mass is 308 g/mol. The lowest BCUT2D eigenvalue weighted by Gasteiger charge is -2.07. The predicted octanol–water partition coefficient (Wildman–Crippen LogP) is 1.66. The molecule has 0 atom stereocenters. The third-order valence-electron chi connectivity index (χ3n) is 2.69. The molecule has 112 valence electrons. The van der Waals surface area contributed by atoms with E-state index >= 15 is 0 Å². The summed E-state index contributed by atoms with van der Waals surface area (Å²) in [5, 5.41) is 6.64. The summed E-state index contributed by atoms with van der Waals surface area (Å²) in [6, 6.07) is 7.49. The summed E-state index contributed by atoms with van der Waals surface area (Å²) in [6.45, 7) is 3.95. The normalized spacial score (nSPS) is 11.1. The van der Waals surface area contributed by atoms with Crippen molar-refractivity contribution in [3.05, 3.63) is 36.5 Å². The maximum absolute atomic E-state index is 12.2. The first-order valence-electron chi connectivity index (χ1n) is 6.34. The number of hydrogen-bond acceptors (Lipinski definition) is 4. The molecule has 0 saturated carbocycles. The number of aromatic nitrogens is 2. The first-order chi connectivity index (χ1) is 9.90. The quantitative estimate of drug-likeness (QED) is 0.878. The second-order valence-corrected chi connectivity index (χ2v) is 6.05. The minimum Gasteiger partial charge on any atom is -0.326 e. The average Bonchev–Trinajstić information content (AvgIpc) is 2.85. The van der Waals surface area contributed by atoms with E-state index in [1.807, 2.05) is 6.92 Å². The van der Waals surface area contributed by atoms with E-state index in [0.717, 1.165) is 0 Å². The Labute approximate surface area is 123 Å². The molecule has 0 bridgehead atoms. The van der Waals surface area contributed by atoms with E-state index in [1.54, 1.807) is 16.9 Å². The second kappa shape index (κ2) is 5.96. The molecule has 2 rings (SSSR count). The lowest BCUT2D eigenvalue weighted by molar-refractivity contribution is -0.114. The summed E-state index contributed by atoms with van der Waals surface area (Å²) in [6.07, 6.45) is 1.69. The van der Waals surface area contributed by atoms with Gasteiger partial charge in [0.1, 0.15) is 0 Å². The third-order valence-corrected chi connectivity index (χ3v) is 4.06. The molecule has 2 aromatic rings. The molecule has 21 heavy (non-hydrogen) atoms. The van der Waals surface area contributed by atoms with Crippen LogP contribution in [0.1, 0.15) is 13.8 Å². The van der Waals surface area contributed by atoms with Crippen molar-refractivity contribution in [2.45, 2.75) is 25.3 Å². The van der Waals surface area contributed by atoms with Gasteiger partial charge in [0.05, 0.1) is 4.90 Å². The van der Waals surface area contributed by atoms with E-state index in [4.69, 9.17) is 0 Å². The van der Waals surface area contributed by atoms with Crippen LogP contribution in [-0.2, 0) is 21.4 Å². The van der Waals surface area contributed by atoms with Crippen LogP contribution in [0.5, 0.6) is 0 Å². The number of nitrogens with one attached hydrogen (secondary N) is 2. The van der Waals surface area contributed by atoms with Gasteiger partial charge in [0.2, 0.25) is 5.91 Å². The van der Waals surface area contributed by atoms with Crippen molar-refractivity contribution in [2.24, 2.45) is 0 Å². The lowest BCUT2D eigenvalue weighted by atomic mass is 10.3. The molecule has 8 heteroatoms. The Hall–Kier alpha value is -2.35. The van der Waals surface area contributed by atoms with Gasteiger partial charge in [0, 0.05) is 31.4 Å². The number of carbonyl (C=O) groups is 1. The maximum Gasteiger partial charge on any atom is 0.263 e. The molecular formula is C13H16N4O3S. The van der Waals surface area contributed by atoms with Gasteiger partial charge in [-0.2, -0.15) is 5.10 Å².